The van der Waals surface area contributed by atoms with Crippen LogP contribution in [0.2, 0.25) is 0 Å². The lowest BCUT2D eigenvalue weighted by Crippen LogP contribution is -2.49. The zero-order valence-corrected chi connectivity index (χ0v) is 20.2. The minimum Gasteiger partial charge on any atom is -0.491 e. The van der Waals surface area contributed by atoms with E-state index in [4.69, 9.17) is 4.74 Å². The monoisotopic (exact) mass is 462 g/mol. The first-order valence-electron chi connectivity index (χ1n) is 11.3. The number of fused-ring (bicyclic) bond motifs is 1. The minimum absolute atomic E-state index is 0.0473. The van der Waals surface area contributed by atoms with E-state index < -0.39 is 0 Å². The molecule has 3 aromatic rings. The van der Waals surface area contributed by atoms with E-state index >= 15 is 0 Å². The largest absolute Gasteiger partial charge is 0.491 e. The van der Waals surface area contributed by atoms with Crippen LogP contribution in [0, 0.1) is 6.92 Å². The number of carbonyl (C=O) groups is 2. The molecular weight excluding hydrogens is 432 g/mol. The maximum absolute atomic E-state index is 13.5. The third-order valence-corrected chi connectivity index (χ3v) is 7.05. The van der Waals surface area contributed by atoms with Crippen LogP contribution < -0.4 is 4.74 Å². The molecule has 1 aromatic heterocycles. The fourth-order valence-corrected chi connectivity index (χ4v) is 5.08. The molecule has 0 bridgehead atoms. The SMILES string of the molecule is Cc1ccc(C(=O)N(CC(=O)N2CCc3sccc3[C@H]2COc2ccccc2)C(C)C)cc1. The molecule has 2 heterocycles. The highest BCUT2D eigenvalue weighted by Crippen LogP contribution is 2.34. The molecule has 1 aliphatic rings. The molecule has 33 heavy (non-hydrogen) atoms. The number of hydrogen-bond donors (Lipinski definition) is 0. The molecule has 2 aromatic carbocycles. The van der Waals surface area contributed by atoms with Crippen molar-refractivity contribution in [3.8, 4) is 5.75 Å². The van der Waals surface area contributed by atoms with E-state index in [1.165, 1.54) is 4.88 Å². The summed E-state index contributed by atoms with van der Waals surface area (Å²) in [4.78, 5) is 31.6. The molecule has 0 spiro atoms. The van der Waals surface area contributed by atoms with Crippen molar-refractivity contribution in [2.75, 3.05) is 19.7 Å². The van der Waals surface area contributed by atoms with E-state index in [0.717, 1.165) is 23.3 Å². The van der Waals surface area contributed by atoms with Gasteiger partial charge in [0.15, 0.2) is 0 Å². The first-order valence-corrected chi connectivity index (χ1v) is 12.2. The number of aryl methyl sites for hydroxylation is 1. The Morgan fingerprint density at radius 2 is 1.82 bits per heavy atom. The van der Waals surface area contributed by atoms with Gasteiger partial charge in [0, 0.05) is 23.0 Å². The Bertz CT molecular complexity index is 1090. The summed E-state index contributed by atoms with van der Waals surface area (Å²) >= 11 is 1.73. The fourth-order valence-electron chi connectivity index (χ4n) is 4.15. The van der Waals surface area contributed by atoms with Crippen LogP contribution in [-0.2, 0) is 11.2 Å². The summed E-state index contributed by atoms with van der Waals surface area (Å²) in [5.74, 6) is 0.608. The predicted octanol–water partition coefficient (Wildman–Crippen LogP) is 5.11. The zero-order valence-electron chi connectivity index (χ0n) is 19.4. The Hall–Kier alpha value is -3.12. The van der Waals surface area contributed by atoms with Gasteiger partial charge in [0.05, 0.1) is 6.04 Å². The van der Waals surface area contributed by atoms with Gasteiger partial charge in [-0.1, -0.05) is 35.9 Å². The smallest absolute Gasteiger partial charge is 0.254 e. The van der Waals surface area contributed by atoms with Crippen LogP contribution in [0.25, 0.3) is 0 Å². The molecule has 1 atom stereocenters. The Labute approximate surface area is 199 Å². The van der Waals surface area contributed by atoms with Crippen LogP contribution in [0.3, 0.4) is 0 Å². The van der Waals surface area contributed by atoms with Gasteiger partial charge in [-0.2, -0.15) is 0 Å². The molecular formula is C27H30N2O3S. The molecule has 6 heteroatoms. The van der Waals surface area contributed by atoms with E-state index in [-0.39, 0.29) is 30.4 Å². The number of benzene rings is 2. The molecule has 0 unspecified atom stereocenters. The summed E-state index contributed by atoms with van der Waals surface area (Å²) < 4.78 is 6.06. The number of nitrogens with zero attached hydrogens (tertiary/aromatic N) is 2. The molecule has 0 saturated heterocycles. The topological polar surface area (TPSA) is 49.9 Å². The van der Waals surface area contributed by atoms with Crippen LogP contribution in [0.1, 0.15) is 46.3 Å². The van der Waals surface area contributed by atoms with Crippen molar-refractivity contribution in [3.05, 3.63) is 87.6 Å². The van der Waals surface area contributed by atoms with Crippen LogP contribution in [0.15, 0.2) is 66.0 Å². The lowest BCUT2D eigenvalue weighted by atomic mass is 10.00. The second kappa shape index (κ2) is 10.2. The Kier molecular flexibility index (Phi) is 7.14. The Morgan fingerprint density at radius 3 is 2.52 bits per heavy atom. The van der Waals surface area contributed by atoms with E-state index in [1.807, 2.05) is 80.3 Å². The number of para-hydroxylation sites is 1. The maximum Gasteiger partial charge on any atom is 0.254 e. The summed E-state index contributed by atoms with van der Waals surface area (Å²) in [5.41, 5.74) is 2.85. The van der Waals surface area contributed by atoms with Crippen molar-refractivity contribution < 1.29 is 14.3 Å². The average molecular weight is 463 g/mol. The number of thiophene rings is 1. The molecule has 0 aliphatic carbocycles. The van der Waals surface area contributed by atoms with Gasteiger partial charge in [-0.05, 0) is 68.5 Å². The van der Waals surface area contributed by atoms with Crippen molar-refractivity contribution in [1.82, 2.24) is 9.80 Å². The third kappa shape index (κ3) is 5.28. The first-order chi connectivity index (χ1) is 15.9. The highest BCUT2D eigenvalue weighted by molar-refractivity contribution is 7.10. The molecule has 4 rings (SSSR count). The third-order valence-electron chi connectivity index (χ3n) is 6.05. The lowest BCUT2D eigenvalue weighted by molar-refractivity contribution is -0.136. The van der Waals surface area contributed by atoms with Gasteiger partial charge in [-0.3, -0.25) is 9.59 Å². The summed E-state index contributed by atoms with van der Waals surface area (Å²) in [6, 6.07) is 19.0. The van der Waals surface area contributed by atoms with E-state index in [0.29, 0.717) is 18.7 Å². The summed E-state index contributed by atoms with van der Waals surface area (Å²) in [6.07, 6.45) is 0.828. The van der Waals surface area contributed by atoms with Crippen LogP contribution in [-0.4, -0.2) is 47.4 Å². The fraction of sp³-hybridized carbons (Fsp3) is 0.333. The lowest BCUT2D eigenvalue weighted by Gasteiger charge is -2.37. The maximum atomic E-state index is 13.5. The summed E-state index contributed by atoms with van der Waals surface area (Å²) in [6.45, 7) is 6.94. The molecule has 0 N–H and O–H groups in total. The van der Waals surface area contributed by atoms with Crippen molar-refractivity contribution in [2.24, 2.45) is 0 Å². The van der Waals surface area contributed by atoms with Gasteiger partial charge < -0.3 is 14.5 Å². The van der Waals surface area contributed by atoms with Gasteiger partial charge in [-0.15, -0.1) is 11.3 Å². The molecule has 0 saturated carbocycles. The van der Waals surface area contributed by atoms with Crippen molar-refractivity contribution in [2.45, 2.75) is 39.3 Å². The molecule has 1 aliphatic heterocycles. The molecule has 0 fully saturated rings. The summed E-state index contributed by atoms with van der Waals surface area (Å²) in [5, 5.41) is 2.08. The molecule has 0 radical (unpaired) electrons. The standard InChI is InChI=1S/C27H30N2O3S/c1-19(2)29(27(31)21-11-9-20(3)10-12-21)17-26(30)28-15-13-25-23(14-16-33-25)24(28)18-32-22-7-5-4-6-8-22/h4-12,14,16,19,24H,13,15,17-18H2,1-3H3/t24-/m1/s1. The van der Waals surface area contributed by atoms with Gasteiger partial charge >= 0.3 is 0 Å². The van der Waals surface area contributed by atoms with E-state index in [1.54, 1.807) is 16.2 Å². The zero-order chi connectivity index (χ0) is 23.4. The second-order valence-corrected chi connectivity index (χ2v) is 9.67. The molecule has 5 nitrogen and oxygen atoms in total. The predicted molar refractivity (Wildman–Crippen MR) is 132 cm³/mol. The van der Waals surface area contributed by atoms with Crippen molar-refractivity contribution >= 4 is 23.2 Å². The van der Waals surface area contributed by atoms with Crippen LogP contribution in [0.5, 0.6) is 5.75 Å². The number of ether oxygens (including phenoxy) is 1. The quantitative estimate of drug-likeness (QED) is 0.490. The summed E-state index contributed by atoms with van der Waals surface area (Å²) in [7, 11) is 0. The highest BCUT2D eigenvalue weighted by atomic mass is 32.1. The number of carbonyl (C=O) groups excluding carboxylic acids is 2. The average Bonchev–Trinajstić information content (AvgIpc) is 3.30. The van der Waals surface area contributed by atoms with Gasteiger partial charge in [0.1, 0.15) is 18.9 Å². The number of amides is 2. The Balaban J connectivity index is 1.52. The van der Waals surface area contributed by atoms with E-state index in [2.05, 4.69) is 11.4 Å². The van der Waals surface area contributed by atoms with Gasteiger partial charge in [-0.25, -0.2) is 0 Å². The number of rotatable bonds is 7. The van der Waals surface area contributed by atoms with Crippen molar-refractivity contribution in [3.63, 3.8) is 0 Å². The van der Waals surface area contributed by atoms with Gasteiger partial charge in [0.2, 0.25) is 5.91 Å². The second-order valence-electron chi connectivity index (χ2n) is 8.67. The molecule has 172 valence electrons. The Morgan fingerprint density at radius 1 is 1.09 bits per heavy atom. The first kappa shape index (κ1) is 23.1. The minimum atomic E-state index is -0.170. The highest BCUT2D eigenvalue weighted by Gasteiger charge is 2.34. The van der Waals surface area contributed by atoms with Crippen LogP contribution >= 0.6 is 11.3 Å². The van der Waals surface area contributed by atoms with Crippen LogP contribution in [0.4, 0.5) is 0 Å². The van der Waals surface area contributed by atoms with Gasteiger partial charge in [0.25, 0.3) is 5.91 Å². The number of hydrogen-bond acceptors (Lipinski definition) is 4. The van der Waals surface area contributed by atoms with Crippen molar-refractivity contribution in [1.29, 1.82) is 0 Å². The normalized spacial score (nSPS) is 15.3. The molecule has 2 amide bonds. The van der Waals surface area contributed by atoms with E-state index in [9.17, 15) is 9.59 Å².